The Balaban J connectivity index is 1.10. The molecule has 53 heavy (non-hydrogen) atoms. The van der Waals surface area contributed by atoms with Crippen molar-refractivity contribution in [3.8, 4) is 39.8 Å². The predicted octanol–water partition coefficient (Wildman–Crippen LogP) is 7.22. The van der Waals surface area contributed by atoms with Gasteiger partial charge in [0.2, 0.25) is 17.7 Å². The largest absolute Gasteiger partial charge is 0.496 e. The van der Waals surface area contributed by atoms with Gasteiger partial charge in [-0.2, -0.15) is 4.98 Å². The van der Waals surface area contributed by atoms with Crippen molar-refractivity contribution in [2.45, 2.75) is 57.3 Å². The van der Waals surface area contributed by atoms with Crippen LogP contribution in [0.15, 0.2) is 54.6 Å². The van der Waals surface area contributed by atoms with Crippen molar-refractivity contribution in [1.29, 1.82) is 0 Å². The number of pyridine rings is 1. The van der Waals surface area contributed by atoms with Crippen molar-refractivity contribution in [3.63, 3.8) is 0 Å². The van der Waals surface area contributed by atoms with E-state index >= 15 is 4.39 Å². The SMILES string of the molecule is COc1cc(-c2cccc(-c3cccc4c3CC[C@@H]4Oc3nc(OC)c(CN4CC[C@@H](C(=O)O)C4)cc3Cl)c2Cl)cc(F)c1CNC[C@@H]1CCC(=O)N1. The van der Waals surface area contributed by atoms with E-state index in [2.05, 4.69) is 20.5 Å². The van der Waals surface area contributed by atoms with Crippen molar-refractivity contribution >= 4 is 35.1 Å². The van der Waals surface area contributed by atoms with Crippen molar-refractivity contribution in [2.24, 2.45) is 5.92 Å². The fourth-order valence-electron chi connectivity index (χ4n) is 7.70. The standard InChI is InChI=1S/C40H41Cl2FN4O6/c1-51-35-17-23(16-33(43)31(35)19-44-18-25-9-12-36(48)45-25)26-5-3-8-30(37(26)42)27-6-4-7-29-28(27)10-11-34(29)53-39-32(41)15-24(38(46-39)52-2)21-47-14-13-22(20-47)40(49)50/h3-8,15-17,22,25,34,44H,9-14,18-21H2,1-2H3,(H,45,48)(H,49,50)/t22-,25+,34+/m1/s1. The van der Waals surface area contributed by atoms with Crippen LogP contribution in [0.25, 0.3) is 22.3 Å². The number of rotatable bonds is 13. The number of ether oxygens (including phenoxy) is 3. The van der Waals surface area contributed by atoms with Gasteiger partial charge in [-0.25, -0.2) is 4.39 Å². The summed E-state index contributed by atoms with van der Waals surface area (Å²) < 4.78 is 33.3. The lowest BCUT2D eigenvalue weighted by molar-refractivity contribution is -0.141. The summed E-state index contributed by atoms with van der Waals surface area (Å²) >= 11 is 13.9. The van der Waals surface area contributed by atoms with E-state index in [-0.39, 0.29) is 36.4 Å². The predicted molar refractivity (Wildman–Crippen MR) is 200 cm³/mol. The molecule has 7 rings (SSSR count). The number of fused-ring (bicyclic) bond motifs is 1. The minimum atomic E-state index is -0.784. The van der Waals surface area contributed by atoms with Gasteiger partial charge in [-0.3, -0.25) is 14.5 Å². The fraction of sp³-hybridized carbons (Fsp3) is 0.375. The lowest BCUT2D eigenvalue weighted by Crippen LogP contribution is -2.35. The molecule has 1 aromatic heterocycles. The van der Waals surface area contributed by atoms with Crippen LogP contribution < -0.4 is 24.8 Å². The molecule has 2 fully saturated rings. The van der Waals surface area contributed by atoms with Gasteiger partial charge in [-0.1, -0.05) is 59.6 Å². The Morgan fingerprint density at radius 1 is 1.02 bits per heavy atom. The van der Waals surface area contributed by atoms with E-state index in [4.69, 9.17) is 37.4 Å². The van der Waals surface area contributed by atoms with Crippen LogP contribution >= 0.6 is 23.2 Å². The minimum absolute atomic E-state index is 0.0332. The van der Waals surface area contributed by atoms with Gasteiger partial charge in [0, 0.05) is 60.9 Å². The van der Waals surface area contributed by atoms with E-state index in [1.54, 1.807) is 19.2 Å². The molecule has 0 unspecified atom stereocenters. The molecule has 10 nitrogen and oxygen atoms in total. The van der Waals surface area contributed by atoms with Gasteiger partial charge >= 0.3 is 5.97 Å². The van der Waals surface area contributed by atoms with Crippen LogP contribution in [0.4, 0.5) is 4.39 Å². The Kier molecular flexibility index (Phi) is 11.1. The quantitative estimate of drug-likeness (QED) is 0.130. The number of methoxy groups -OCH3 is 2. The smallest absolute Gasteiger partial charge is 0.307 e. The Morgan fingerprint density at radius 3 is 2.55 bits per heavy atom. The zero-order valence-corrected chi connectivity index (χ0v) is 31.0. The third-order valence-electron chi connectivity index (χ3n) is 10.4. The van der Waals surface area contributed by atoms with Crippen LogP contribution in [0.3, 0.4) is 0 Å². The number of aromatic nitrogens is 1. The minimum Gasteiger partial charge on any atom is -0.496 e. The summed E-state index contributed by atoms with van der Waals surface area (Å²) in [5, 5.41) is 16.4. The zero-order chi connectivity index (χ0) is 37.2. The molecule has 3 atom stereocenters. The summed E-state index contributed by atoms with van der Waals surface area (Å²) in [5.74, 6) is -0.488. The highest BCUT2D eigenvalue weighted by Gasteiger charge is 2.31. The Bertz CT molecular complexity index is 2050. The van der Waals surface area contributed by atoms with E-state index in [0.717, 1.165) is 40.7 Å². The van der Waals surface area contributed by atoms with Crippen LogP contribution in [-0.4, -0.2) is 66.8 Å². The number of likely N-dealkylation sites (tertiary alicyclic amines) is 1. The number of benzene rings is 3. The molecule has 2 saturated heterocycles. The van der Waals surface area contributed by atoms with Gasteiger partial charge in [0.05, 0.1) is 25.2 Å². The summed E-state index contributed by atoms with van der Waals surface area (Å²) in [6.45, 7) is 2.39. The summed E-state index contributed by atoms with van der Waals surface area (Å²) in [6, 6.07) is 16.9. The maximum absolute atomic E-state index is 15.6. The van der Waals surface area contributed by atoms with E-state index in [1.807, 2.05) is 36.4 Å². The molecule has 0 saturated carbocycles. The molecule has 3 heterocycles. The van der Waals surface area contributed by atoms with Crippen molar-refractivity contribution in [3.05, 3.63) is 92.7 Å². The van der Waals surface area contributed by atoms with Crippen molar-refractivity contribution in [1.82, 2.24) is 20.5 Å². The van der Waals surface area contributed by atoms with Gasteiger partial charge in [0.25, 0.3) is 0 Å². The van der Waals surface area contributed by atoms with Crippen molar-refractivity contribution in [2.75, 3.05) is 33.9 Å². The first kappa shape index (κ1) is 36.9. The molecule has 0 spiro atoms. The van der Waals surface area contributed by atoms with Crippen LogP contribution in [0.5, 0.6) is 17.5 Å². The van der Waals surface area contributed by atoms with E-state index in [9.17, 15) is 14.7 Å². The molecule has 1 amide bonds. The number of carboxylic acid groups (broad SMARTS) is 1. The molecule has 3 aromatic carbocycles. The second kappa shape index (κ2) is 15.9. The third kappa shape index (κ3) is 7.80. The normalized spacial score (nSPS) is 19.6. The van der Waals surface area contributed by atoms with Gasteiger partial charge in [0.1, 0.15) is 22.7 Å². The number of hydrogen-bond acceptors (Lipinski definition) is 8. The molecule has 1 aliphatic carbocycles. The maximum atomic E-state index is 15.6. The Hall–Kier alpha value is -4.42. The summed E-state index contributed by atoms with van der Waals surface area (Å²) in [6.07, 6.45) is 2.98. The van der Waals surface area contributed by atoms with Crippen LogP contribution in [-0.2, 0) is 29.1 Å². The maximum Gasteiger partial charge on any atom is 0.307 e. The average molecular weight is 764 g/mol. The van der Waals surface area contributed by atoms with Gasteiger partial charge < -0.3 is 30.0 Å². The number of amides is 1. The molecule has 278 valence electrons. The van der Waals surface area contributed by atoms with Gasteiger partial charge in [0.15, 0.2) is 0 Å². The number of halogens is 3. The second-order valence-corrected chi connectivity index (χ2v) is 14.5. The van der Waals surface area contributed by atoms with E-state index in [0.29, 0.717) is 83.8 Å². The lowest BCUT2D eigenvalue weighted by atomic mass is 9.93. The number of nitrogens with one attached hydrogen (secondary N) is 2. The highest BCUT2D eigenvalue weighted by atomic mass is 35.5. The highest BCUT2D eigenvalue weighted by Crippen LogP contribution is 2.45. The first-order chi connectivity index (χ1) is 25.6. The Morgan fingerprint density at radius 2 is 1.81 bits per heavy atom. The molecule has 2 aliphatic heterocycles. The average Bonchev–Trinajstić information content (AvgIpc) is 3.90. The second-order valence-electron chi connectivity index (χ2n) is 13.8. The number of hydrogen-bond donors (Lipinski definition) is 3. The van der Waals surface area contributed by atoms with Crippen LogP contribution in [0, 0.1) is 11.7 Å². The molecule has 3 aliphatic rings. The molecular weight excluding hydrogens is 722 g/mol. The Labute approximate surface area is 317 Å². The van der Waals surface area contributed by atoms with E-state index < -0.39 is 11.8 Å². The molecule has 13 heteroatoms. The number of carboxylic acids is 1. The summed E-state index contributed by atoms with van der Waals surface area (Å²) in [4.78, 5) is 29.7. The van der Waals surface area contributed by atoms with Crippen molar-refractivity contribution < 1.29 is 33.3 Å². The van der Waals surface area contributed by atoms with Crippen LogP contribution in [0.1, 0.15) is 54.0 Å². The first-order valence-electron chi connectivity index (χ1n) is 17.8. The third-order valence-corrected chi connectivity index (χ3v) is 11.1. The van der Waals surface area contributed by atoms with Gasteiger partial charge in [-0.05, 0) is 72.7 Å². The monoisotopic (exact) mass is 762 g/mol. The summed E-state index contributed by atoms with van der Waals surface area (Å²) in [7, 11) is 3.06. The zero-order valence-electron chi connectivity index (χ0n) is 29.5. The lowest BCUT2D eigenvalue weighted by Gasteiger charge is -2.20. The molecular formula is C40H41Cl2FN4O6. The number of nitrogens with zero attached hydrogens (tertiary/aromatic N) is 2. The van der Waals surface area contributed by atoms with Gasteiger partial charge in [-0.15, -0.1) is 0 Å². The molecule has 4 aromatic rings. The highest BCUT2D eigenvalue weighted by molar-refractivity contribution is 6.36. The summed E-state index contributed by atoms with van der Waals surface area (Å²) in [5.41, 5.74) is 6.32. The fourth-order valence-corrected chi connectivity index (χ4v) is 8.25. The number of carbonyl (C=O) groups excluding carboxylic acids is 1. The molecule has 0 bridgehead atoms. The molecule has 0 radical (unpaired) electrons. The first-order valence-corrected chi connectivity index (χ1v) is 18.5. The number of carbonyl (C=O) groups is 2. The van der Waals surface area contributed by atoms with E-state index in [1.165, 1.54) is 13.2 Å². The number of aliphatic carboxylic acids is 1. The molecule has 3 N–H and O–H groups in total. The topological polar surface area (TPSA) is 122 Å². The van der Waals surface area contributed by atoms with Crippen LogP contribution in [0.2, 0.25) is 10.0 Å².